The molecule has 9 heteroatoms. The normalized spacial score (nSPS) is 37.1. The van der Waals surface area contributed by atoms with Crippen LogP contribution in [-0.2, 0) is 4.79 Å². The van der Waals surface area contributed by atoms with Crippen molar-refractivity contribution in [1.29, 1.82) is 0 Å². The maximum atomic E-state index is 13.3. The summed E-state index contributed by atoms with van der Waals surface area (Å²) in [6.45, 7) is 3.98. The van der Waals surface area contributed by atoms with E-state index in [1.54, 1.807) is 0 Å². The molecule has 0 radical (unpaired) electrons. The molecule has 0 spiro atoms. The molecular weight excluding hydrogens is 404 g/mol. The Morgan fingerprint density at radius 2 is 1.97 bits per heavy atom. The van der Waals surface area contributed by atoms with E-state index in [1.807, 2.05) is 0 Å². The van der Waals surface area contributed by atoms with Crippen LogP contribution in [0.15, 0.2) is 18.2 Å². The van der Waals surface area contributed by atoms with E-state index in [-0.39, 0.29) is 30.5 Å². The third-order valence-corrected chi connectivity index (χ3v) is 7.34. The third kappa shape index (κ3) is 4.41. The molecule has 3 aliphatic carbocycles. The number of halogens is 2. The van der Waals surface area contributed by atoms with Crippen LogP contribution in [0, 0.1) is 23.5 Å². The molecule has 2 saturated heterocycles. The van der Waals surface area contributed by atoms with Crippen LogP contribution in [-0.4, -0.2) is 60.9 Å². The highest BCUT2D eigenvalue weighted by atomic mass is 19.2. The fraction of sp³-hybridized carbons (Fsp3) is 0.682. The Kier molecular flexibility index (Phi) is 5.85. The molecule has 31 heavy (non-hydrogen) atoms. The molecule has 7 nitrogen and oxygen atoms in total. The lowest BCUT2D eigenvalue weighted by atomic mass is 9.60. The van der Waals surface area contributed by atoms with Gasteiger partial charge in [0.25, 0.3) is 5.91 Å². The van der Waals surface area contributed by atoms with Crippen molar-refractivity contribution in [3.05, 3.63) is 29.8 Å². The molecule has 1 aromatic carbocycles. The van der Waals surface area contributed by atoms with Gasteiger partial charge in [-0.1, -0.05) is 0 Å². The predicted molar refractivity (Wildman–Crippen MR) is 111 cm³/mol. The number of fused-ring (bicyclic) bond motifs is 3. The highest BCUT2D eigenvalue weighted by Gasteiger charge is 2.48. The molecule has 4 N–H and O–H groups in total. The first-order valence-electron chi connectivity index (χ1n) is 11.4. The van der Waals surface area contributed by atoms with Gasteiger partial charge < -0.3 is 10.1 Å². The standard InChI is InChI=1S/C22H31F2N5O2/c1-12-6-20-22(25-4-5-29(20)28-12)27-19-10-18(13-7-14(19)8-13)26-21(30)11-31-15-2-3-16(23)17(24)9-15/h2-3,9,12-14,18-20,22,25,27-28H,4-8,10-11H2,1H3,(H,26,30)/t12?,13?,14?,18?,19-,20?,22?/m1/s1. The van der Waals surface area contributed by atoms with Crippen LogP contribution in [0.25, 0.3) is 0 Å². The van der Waals surface area contributed by atoms with Gasteiger partial charge in [0, 0.05) is 37.3 Å². The lowest BCUT2D eigenvalue weighted by molar-refractivity contribution is -0.125. The zero-order valence-electron chi connectivity index (χ0n) is 17.7. The number of piperazine rings is 1. The van der Waals surface area contributed by atoms with Gasteiger partial charge in [0.05, 0.1) is 12.2 Å². The van der Waals surface area contributed by atoms with Crippen molar-refractivity contribution >= 4 is 5.91 Å². The molecule has 5 fully saturated rings. The van der Waals surface area contributed by atoms with Crippen LogP contribution < -0.4 is 26.1 Å². The molecule has 5 atom stereocenters. The van der Waals surface area contributed by atoms with Gasteiger partial charge in [0.2, 0.25) is 0 Å². The summed E-state index contributed by atoms with van der Waals surface area (Å²) >= 11 is 0. The summed E-state index contributed by atoms with van der Waals surface area (Å²) in [6, 6.07) is 4.70. The van der Waals surface area contributed by atoms with Gasteiger partial charge in [-0.15, -0.1) is 0 Å². The minimum absolute atomic E-state index is 0.115. The van der Waals surface area contributed by atoms with Crippen molar-refractivity contribution < 1.29 is 18.3 Å². The smallest absolute Gasteiger partial charge is 0.258 e. The van der Waals surface area contributed by atoms with Gasteiger partial charge in [-0.25, -0.2) is 13.8 Å². The third-order valence-electron chi connectivity index (χ3n) is 7.34. The molecular formula is C22H31F2N5O2. The summed E-state index contributed by atoms with van der Waals surface area (Å²) in [5.41, 5.74) is 3.55. The number of rotatable bonds is 6. The minimum Gasteiger partial charge on any atom is -0.484 e. The molecule has 2 bridgehead atoms. The molecule has 1 amide bonds. The predicted octanol–water partition coefficient (Wildman–Crippen LogP) is 1.11. The van der Waals surface area contributed by atoms with Crippen LogP contribution in [0.5, 0.6) is 5.75 Å². The van der Waals surface area contributed by atoms with Crippen LogP contribution in [0.3, 0.4) is 0 Å². The Labute approximate surface area is 181 Å². The fourth-order valence-corrected chi connectivity index (χ4v) is 5.71. The Hall–Kier alpha value is -1.81. The molecule has 3 saturated carbocycles. The van der Waals surface area contributed by atoms with E-state index in [0.29, 0.717) is 30.0 Å². The van der Waals surface area contributed by atoms with Gasteiger partial charge in [-0.2, -0.15) is 0 Å². The molecule has 2 aliphatic heterocycles. The summed E-state index contributed by atoms with van der Waals surface area (Å²) in [6.07, 6.45) is 4.53. The molecule has 6 rings (SSSR count). The molecule has 2 heterocycles. The molecule has 4 unspecified atom stereocenters. The van der Waals surface area contributed by atoms with Gasteiger partial charge in [-0.05, 0) is 56.6 Å². The van der Waals surface area contributed by atoms with E-state index in [2.05, 4.69) is 33.3 Å². The molecule has 5 aliphatic rings. The number of carbonyl (C=O) groups excluding carboxylic acids is 1. The zero-order valence-corrected chi connectivity index (χ0v) is 17.7. The second kappa shape index (κ2) is 8.61. The Morgan fingerprint density at radius 3 is 2.77 bits per heavy atom. The number of benzene rings is 1. The number of amides is 1. The Balaban J connectivity index is 1.13. The average molecular weight is 436 g/mol. The van der Waals surface area contributed by atoms with Gasteiger partial charge in [0.15, 0.2) is 18.2 Å². The number of carbonyl (C=O) groups is 1. The summed E-state index contributed by atoms with van der Waals surface area (Å²) < 4.78 is 31.7. The van der Waals surface area contributed by atoms with Gasteiger partial charge in [-0.3, -0.25) is 20.9 Å². The molecule has 1 aromatic rings. The maximum absolute atomic E-state index is 13.3. The monoisotopic (exact) mass is 435 g/mol. The summed E-state index contributed by atoms with van der Waals surface area (Å²) in [7, 11) is 0. The highest BCUT2D eigenvalue weighted by molar-refractivity contribution is 5.78. The summed E-state index contributed by atoms with van der Waals surface area (Å²) in [5, 5.41) is 13.0. The van der Waals surface area contributed by atoms with Crippen molar-refractivity contribution in [1.82, 2.24) is 26.4 Å². The van der Waals surface area contributed by atoms with Gasteiger partial charge in [0.1, 0.15) is 5.75 Å². The second-order valence-electron chi connectivity index (χ2n) is 9.50. The number of nitrogens with one attached hydrogen (secondary N) is 4. The van der Waals surface area contributed by atoms with E-state index in [0.717, 1.165) is 50.9 Å². The summed E-state index contributed by atoms with van der Waals surface area (Å²) in [4.78, 5) is 12.4. The van der Waals surface area contributed by atoms with Crippen LogP contribution in [0.2, 0.25) is 0 Å². The minimum atomic E-state index is -0.985. The number of hydrogen-bond donors (Lipinski definition) is 4. The first kappa shape index (κ1) is 21.1. The van der Waals surface area contributed by atoms with E-state index in [4.69, 9.17) is 4.74 Å². The molecule has 170 valence electrons. The van der Waals surface area contributed by atoms with Crippen molar-refractivity contribution in [3.63, 3.8) is 0 Å². The van der Waals surface area contributed by atoms with E-state index in [9.17, 15) is 13.6 Å². The van der Waals surface area contributed by atoms with Gasteiger partial charge >= 0.3 is 0 Å². The van der Waals surface area contributed by atoms with Crippen molar-refractivity contribution in [2.24, 2.45) is 11.8 Å². The van der Waals surface area contributed by atoms with E-state index < -0.39 is 11.6 Å². The zero-order chi connectivity index (χ0) is 21.5. The highest BCUT2D eigenvalue weighted by Crippen LogP contribution is 2.46. The number of hydrazine groups is 1. The lowest BCUT2D eigenvalue weighted by Gasteiger charge is -2.53. The molecule has 0 aromatic heterocycles. The maximum Gasteiger partial charge on any atom is 0.258 e. The van der Waals surface area contributed by atoms with Crippen molar-refractivity contribution in [2.45, 2.75) is 62.9 Å². The Morgan fingerprint density at radius 1 is 1.16 bits per heavy atom. The number of ether oxygens (including phenoxy) is 1. The van der Waals surface area contributed by atoms with Crippen molar-refractivity contribution in [2.75, 3.05) is 19.7 Å². The van der Waals surface area contributed by atoms with Crippen LogP contribution in [0.1, 0.15) is 32.6 Å². The first-order valence-corrected chi connectivity index (χ1v) is 11.4. The summed E-state index contributed by atoms with van der Waals surface area (Å²) in [5.74, 6) is -0.820. The quantitative estimate of drug-likeness (QED) is 0.537. The van der Waals surface area contributed by atoms with Crippen molar-refractivity contribution in [3.8, 4) is 5.75 Å². The van der Waals surface area contributed by atoms with E-state index in [1.165, 1.54) is 6.07 Å². The van der Waals surface area contributed by atoms with Crippen LogP contribution >= 0.6 is 0 Å². The number of nitrogens with zero attached hydrogens (tertiary/aromatic N) is 1. The van der Waals surface area contributed by atoms with Crippen LogP contribution in [0.4, 0.5) is 8.78 Å². The Bertz CT molecular complexity index is 821. The average Bonchev–Trinajstić information content (AvgIpc) is 3.09. The first-order chi connectivity index (χ1) is 15.0. The van der Waals surface area contributed by atoms with E-state index >= 15 is 0 Å². The SMILES string of the molecule is CC1CC2C(N[C@@H]3CC(NC(=O)COc4ccc(F)c(F)c4)C4CC3C4)NCCN2N1. The lowest BCUT2D eigenvalue weighted by Crippen LogP contribution is -2.68. The topological polar surface area (TPSA) is 77.7 Å². The largest absolute Gasteiger partial charge is 0.484 e. The second-order valence-corrected chi connectivity index (χ2v) is 9.50. The fourth-order valence-electron chi connectivity index (χ4n) is 5.71. The number of hydrogen-bond acceptors (Lipinski definition) is 6.